The van der Waals surface area contributed by atoms with Crippen LogP contribution in [0.25, 0.3) is 0 Å². The van der Waals surface area contributed by atoms with Crippen LogP contribution in [0, 0.1) is 0 Å². The summed E-state index contributed by atoms with van der Waals surface area (Å²) in [6.07, 6.45) is -47.9. The van der Waals surface area contributed by atoms with Gasteiger partial charge < -0.3 is 174 Å². The molecule has 7 aliphatic rings. The van der Waals surface area contributed by atoms with Crippen molar-refractivity contribution in [3.63, 3.8) is 0 Å². The lowest BCUT2D eigenvalue weighted by Crippen LogP contribution is -2.67. The first-order valence-electron chi connectivity index (χ1n) is 32.6. The molecule has 0 aromatic rings. The van der Waals surface area contributed by atoms with E-state index in [4.69, 9.17) is 66.3 Å². The van der Waals surface area contributed by atoms with Crippen molar-refractivity contribution in [1.82, 2.24) is 0 Å². The van der Waals surface area contributed by atoms with Crippen molar-refractivity contribution in [2.24, 2.45) is 0 Å². The van der Waals surface area contributed by atoms with E-state index in [-0.39, 0.29) is 13.0 Å². The van der Waals surface area contributed by atoms with E-state index in [9.17, 15) is 107 Å². The zero-order chi connectivity index (χ0) is 71.7. The number of hydrogen-bond donors (Lipinski definition) is 21. The highest BCUT2D eigenvalue weighted by molar-refractivity contribution is 5.08. The molecule has 7 saturated heterocycles. The van der Waals surface area contributed by atoms with Crippen LogP contribution in [0.3, 0.4) is 0 Å². The van der Waals surface area contributed by atoms with Crippen LogP contribution in [0.2, 0.25) is 0 Å². The largest absolute Gasteiger partial charge is 0.394 e. The number of hydrogen-bond acceptors (Lipinski definition) is 35. The number of rotatable bonds is 30. The Balaban J connectivity index is 0.921. The average molecular weight is 1410 g/mol. The molecule has 21 N–H and O–H groups in total. The van der Waals surface area contributed by atoms with Gasteiger partial charge in [-0.05, 0) is 80.1 Å². The standard InChI is InChI=1S/C62H104O35/c1-8-62(7,97-61-54(96-60-47(80)41(74)37(70)31(20-65)90-60)50(83)52(32(21-66)91-61)94-59-46(79)40(73)36(69)30(19-64)89-59)17-11-16-25(3)13-9-12-24(2)14-10-15-26(4)22-84-56-48(81)43(76)53(33(92-56)23-85-55-44(77)38(71)34(67)27(5)86-55)95-57-49(82)42(75)51(28(6)87-57)93-58-45(78)39(72)35(68)29(18-63)88-58/h8,12,15-16,27-61,63-83H,1,9-11,13-14,17-23H2,2-7H3/b24-12+,25-16+,26-15-/t27-,28-,29+,30+,31+,32+,33+,34-,35+,36+,37+,38+,39-,40-,41-,42-,43+,44+,45+,46+,47+,48+,49+,50-,51-,52+,53+,54+,55+,56+,57-,58-,59-,60-,61-,62+/m0/s1. The number of ether oxygens (including phenoxy) is 14. The Hall–Kier alpha value is -2.44. The summed E-state index contributed by atoms with van der Waals surface area (Å²) in [6.45, 7) is 10.2. The highest BCUT2D eigenvalue weighted by Gasteiger charge is 2.57. The Kier molecular flexibility index (Phi) is 31.1. The molecule has 0 saturated carbocycles. The number of aliphatic hydroxyl groups excluding tert-OH is 21. The SMILES string of the molecule is C=C[C@](C)(CC/C=C(\C)CC/C=C(\C)CC/C=C(/C)CO[C@@H]1O[C@H](CO[C@@H]2O[C@@H](C)[C@H](O)[C@@H](O)[C@H]2O)[C@@H](O[C@@H]2O[C@@H](C)[C@H](O[C@@H]3O[C@H](CO)[C@@H](O)[C@H](O)[C@H]3O)[C@@H](O)[C@H]2O)[C@H](O)[C@H]1O)O[C@@H]1O[C@H](CO)[C@@H](O[C@@H]2O[C@H](CO)[C@@H](O)[C@H](O)[C@H]2O)[C@H](O)[C@H]1O[C@@H]1O[C@H](CO)[C@@H](O)[C@H](O)[C@H]1O. The van der Waals surface area contributed by atoms with Crippen molar-refractivity contribution in [2.75, 3.05) is 39.6 Å². The van der Waals surface area contributed by atoms with Gasteiger partial charge in [0.15, 0.2) is 44.0 Å². The Morgan fingerprint density at radius 2 is 0.722 bits per heavy atom. The minimum absolute atomic E-state index is 0.106. The molecule has 0 aliphatic carbocycles. The molecule has 7 aliphatic heterocycles. The fourth-order valence-electron chi connectivity index (χ4n) is 12.2. The van der Waals surface area contributed by atoms with Crippen LogP contribution in [0.5, 0.6) is 0 Å². The van der Waals surface area contributed by atoms with Crippen LogP contribution in [0.1, 0.15) is 80.1 Å². The van der Waals surface area contributed by atoms with Crippen LogP contribution >= 0.6 is 0 Å². The van der Waals surface area contributed by atoms with Gasteiger partial charge in [0.05, 0.1) is 57.5 Å². The zero-order valence-corrected chi connectivity index (χ0v) is 54.8. The maximum absolute atomic E-state index is 12.0. The molecular weight excluding hydrogens is 1300 g/mol. The molecule has 0 unspecified atom stereocenters. The van der Waals surface area contributed by atoms with Gasteiger partial charge in [-0.25, -0.2) is 0 Å². The molecule has 0 bridgehead atoms. The quantitative estimate of drug-likeness (QED) is 0.0297. The van der Waals surface area contributed by atoms with E-state index >= 15 is 0 Å². The van der Waals surface area contributed by atoms with Crippen LogP contribution in [-0.4, -0.2) is 367 Å². The van der Waals surface area contributed by atoms with E-state index in [1.807, 2.05) is 26.0 Å². The second kappa shape index (κ2) is 36.8. The second-order valence-corrected chi connectivity index (χ2v) is 26.2. The molecule has 97 heavy (non-hydrogen) atoms. The minimum Gasteiger partial charge on any atom is -0.394 e. The lowest BCUT2D eigenvalue weighted by Gasteiger charge is -2.49. The van der Waals surface area contributed by atoms with E-state index in [1.165, 1.54) is 19.9 Å². The van der Waals surface area contributed by atoms with Gasteiger partial charge in [0.1, 0.15) is 159 Å². The monoisotopic (exact) mass is 1410 g/mol. The summed E-state index contributed by atoms with van der Waals surface area (Å²) >= 11 is 0. The van der Waals surface area contributed by atoms with Crippen molar-refractivity contribution >= 4 is 0 Å². The van der Waals surface area contributed by atoms with Crippen molar-refractivity contribution in [1.29, 1.82) is 0 Å². The van der Waals surface area contributed by atoms with Gasteiger partial charge in [-0.15, -0.1) is 6.58 Å². The molecule has 7 fully saturated rings. The van der Waals surface area contributed by atoms with Crippen LogP contribution in [0.4, 0.5) is 0 Å². The lowest BCUT2D eigenvalue weighted by atomic mass is 9.95. The van der Waals surface area contributed by atoms with Crippen LogP contribution < -0.4 is 0 Å². The normalized spacial score (nSPS) is 46.6. The summed E-state index contributed by atoms with van der Waals surface area (Å²) in [6, 6.07) is 0. The van der Waals surface area contributed by atoms with Crippen LogP contribution in [-0.2, 0) is 66.3 Å². The molecule has 36 atom stereocenters. The van der Waals surface area contributed by atoms with Crippen molar-refractivity contribution in [2.45, 2.75) is 301 Å². The first-order valence-corrected chi connectivity index (χ1v) is 32.6. The number of aliphatic hydroxyl groups is 21. The Labute approximate surface area is 559 Å². The van der Waals surface area contributed by atoms with Gasteiger partial charge in [-0.3, -0.25) is 0 Å². The van der Waals surface area contributed by atoms with E-state index < -0.39 is 254 Å². The van der Waals surface area contributed by atoms with Gasteiger partial charge >= 0.3 is 0 Å². The fourth-order valence-corrected chi connectivity index (χ4v) is 12.2. The molecule has 562 valence electrons. The zero-order valence-electron chi connectivity index (χ0n) is 54.8. The molecule has 0 spiro atoms. The molecule has 0 aromatic carbocycles. The Bertz CT molecular complexity index is 2480. The molecule has 7 rings (SSSR count). The van der Waals surface area contributed by atoms with E-state index in [0.717, 1.165) is 11.1 Å². The first kappa shape index (κ1) is 81.9. The topological polar surface area (TPSA) is 554 Å². The van der Waals surface area contributed by atoms with Gasteiger partial charge in [0.25, 0.3) is 0 Å². The minimum atomic E-state index is -1.97. The maximum atomic E-state index is 12.0. The smallest absolute Gasteiger partial charge is 0.188 e. The molecule has 0 amide bonds. The predicted molar refractivity (Wildman–Crippen MR) is 322 cm³/mol. The first-order chi connectivity index (χ1) is 45.8. The van der Waals surface area contributed by atoms with Gasteiger partial charge in [0, 0.05) is 0 Å². The van der Waals surface area contributed by atoms with Crippen molar-refractivity contribution in [3.8, 4) is 0 Å². The van der Waals surface area contributed by atoms with Gasteiger partial charge in [-0.2, -0.15) is 0 Å². The van der Waals surface area contributed by atoms with Crippen LogP contribution in [0.15, 0.2) is 47.6 Å². The molecule has 0 aromatic heterocycles. The van der Waals surface area contributed by atoms with E-state index in [2.05, 4.69) is 12.7 Å². The number of allylic oxidation sites excluding steroid dienone is 5. The molecule has 35 heteroatoms. The highest BCUT2D eigenvalue weighted by atomic mass is 16.8. The summed E-state index contributed by atoms with van der Waals surface area (Å²) in [5.74, 6) is 0. The van der Waals surface area contributed by atoms with Gasteiger partial charge in [0.2, 0.25) is 0 Å². The molecule has 0 radical (unpaired) electrons. The predicted octanol–water partition coefficient (Wildman–Crippen LogP) is -8.08. The summed E-state index contributed by atoms with van der Waals surface area (Å²) in [4.78, 5) is 0. The third-order valence-corrected chi connectivity index (χ3v) is 18.6. The van der Waals surface area contributed by atoms with Gasteiger partial charge in [-0.1, -0.05) is 41.0 Å². The molecular formula is C62H104O35. The summed E-state index contributed by atoms with van der Waals surface area (Å²) in [5, 5.41) is 223. The maximum Gasteiger partial charge on any atom is 0.188 e. The lowest BCUT2D eigenvalue weighted by molar-refractivity contribution is -0.393. The average Bonchev–Trinajstić information content (AvgIpc) is 0.779. The summed E-state index contributed by atoms with van der Waals surface area (Å²) in [7, 11) is 0. The second-order valence-electron chi connectivity index (χ2n) is 26.2. The van der Waals surface area contributed by atoms with Crippen molar-refractivity contribution in [3.05, 3.63) is 47.6 Å². The van der Waals surface area contributed by atoms with Crippen molar-refractivity contribution < 1.29 is 174 Å². The van der Waals surface area contributed by atoms with E-state index in [0.29, 0.717) is 37.7 Å². The third kappa shape index (κ3) is 19.9. The molecule has 35 nitrogen and oxygen atoms in total. The fraction of sp³-hybridized carbons (Fsp3) is 0.871. The molecule has 7 heterocycles. The Morgan fingerprint density at radius 3 is 1.22 bits per heavy atom. The third-order valence-electron chi connectivity index (χ3n) is 18.6. The van der Waals surface area contributed by atoms with E-state index in [1.54, 1.807) is 13.8 Å². The Morgan fingerprint density at radius 1 is 0.361 bits per heavy atom. The summed E-state index contributed by atoms with van der Waals surface area (Å²) in [5.41, 5.74) is 1.54. The summed E-state index contributed by atoms with van der Waals surface area (Å²) < 4.78 is 81.9. The highest BCUT2D eigenvalue weighted by Crippen LogP contribution is 2.38.